The van der Waals surface area contributed by atoms with Gasteiger partial charge in [-0.3, -0.25) is 0 Å². The molecule has 0 bridgehead atoms. The van der Waals surface area contributed by atoms with Gasteiger partial charge in [-0.25, -0.2) is 0 Å². The van der Waals surface area contributed by atoms with E-state index < -0.39 is 10.1 Å². The Morgan fingerprint density at radius 3 is 2.00 bits per heavy atom. The Labute approximate surface area is 73.6 Å². The van der Waals surface area contributed by atoms with E-state index in [0.717, 1.165) is 32.2 Å². The van der Waals surface area contributed by atoms with Crippen molar-refractivity contribution in [2.75, 3.05) is 19.3 Å². The highest BCUT2D eigenvalue weighted by atomic mass is 32.2. The second-order valence-electron chi connectivity index (χ2n) is 3.12. The molecule has 4 nitrogen and oxygen atoms in total. The van der Waals surface area contributed by atoms with Gasteiger partial charge >= 0.3 is 0 Å². The largest absolute Gasteiger partial charge is 0.280 e. The summed E-state index contributed by atoms with van der Waals surface area (Å²) >= 11 is 0. The highest BCUT2D eigenvalue weighted by Crippen LogP contribution is 2.10. The van der Waals surface area contributed by atoms with Crippen LogP contribution in [0.15, 0.2) is 0 Å². The highest BCUT2D eigenvalue weighted by molar-refractivity contribution is 7.85. The van der Waals surface area contributed by atoms with Crippen LogP contribution in [-0.2, 0) is 14.4 Å². The van der Waals surface area contributed by atoms with E-state index in [4.69, 9.17) is 4.28 Å². The van der Waals surface area contributed by atoms with Crippen LogP contribution in [-0.4, -0.2) is 32.8 Å². The molecule has 0 aromatic heterocycles. The molecule has 0 N–H and O–H groups in total. The predicted octanol–water partition coefficient (Wildman–Crippen LogP) is 0.754. The molecule has 1 rings (SSSR count). The number of nitrogens with zero attached hydrogens (tertiary/aromatic N) is 1. The summed E-state index contributed by atoms with van der Waals surface area (Å²) in [5.41, 5.74) is 0. The van der Waals surface area contributed by atoms with E-state index >= 15 is 0 Å². The van der Waals surface area contributed by atoms with E-state index in [1.165, 1.54) is 12.8 Å². The molecule has 12 heavy (non-hydrogen) atoms. The lowest BCUT2D eigenvalue weighted by Gasteiger charge is -2.16. The molecule has 72 valence electrons. The molecular formula is C7H15NO3S. The third-order valence-electron chi connectivity index (χ3n) is 1.81. The maximum absolute atomic E-state index is 10.7. The molecule has 0 aliphatic carbocycles. The van der Waals surface area contributed by atoms with Gasteiger partial charge in [0.25, 0.3) is 10.1 Å². The van der Waals surface area contributed by atoms with Crippen molar-refractivity contribution in [3.05, 3.63) is 0 Å². The van der Waals surface area contributed by atoms with Crippen LogP contribution >= 0.6 is 0 Å². The fourth-order valence-corrected chi connectivity index (χ4v) is 1.84. The fraction of sp³-hybridized carbons (Fsp3) is 1.00. The molecule has 1 aliphatic heterocycles. The van der Waals surface area contributed by atoms with Crippen LogP contribution in [0, 0.1) is 0 Å². The number of hydroxylamine groups is 2. The molecule has 0 aromatic carbocycles. The molecule has 0 spiro atoms. The molecule has 0 atom stereocenters. The van der Waals surface area contributed by atoms with Gasteiger partial charge in [0.15, 0.2) is 0 Å². The minimum atomic E-state index is -3.31. The van der Waals surface area contributed by atoms with Gasteiger partial charge in [0.1, 0.15) is 0 Å². The average Bonchev–Trinajstić information content (AvgIpc) is 2.12. The Balaban J connectivity index is 2.40. The van der Waals surface area contributed by atoms with E-state index in [1.807, 2.05) is 0 Å². The normalized spacial score (nSPS) is 22.1. The number of hydrogen-bond donors (Lipinski definition) is 0. The Kier molecular flexibility index (Phi) is 3.49. The zero-order valence-corrected chi connectivity index (χ0v) is 8.14. The van der Waals surface area contributed by atoms with Crippen LogP contribution in [0.3, 0.4) is 0 Å². The van der Waals surface area contributed by atoms with Gasteiger partial charge in [0, 0.05) is 13.1 Å². The summed E-state index contributed by atoms with van der Waals surface area (Å²) in [7, 11) is -3.31. The van der Waals surface area contributed by atoms with Crippen molar-refractivity contribution in [3.63, 3.8) is 0 Å². The summed E-state index contributed by atoms with van der Waals surface area (Å²) < 4.78 is 26.3. The zero-order valence-electron chi connectivity index (χ0n) is 7.32. The molecule has 0 unspecified atom stereocenters. The van der Waals surface area contributed by atoms with Crippen molar-refractivity contribution < 1.29 is 12.7 Å². The van der Waals surface area contributed by atoms with Gasteiger partial charge in [-0.2, -0.15) is 17.8 Å². The summed E-state index contributed by atoms with van der Waals surface area (Å²) in [5, 5.41) is 1.54. The maximum atomic E-state index is 10.7. The molecule has 0 radical (unpaired) electrons. The predicted molar refractivity (Wildman–Crippen MR) is 46.0 cm³/mol. The summed E-state index contributed by atoms with van der Waals surface area (Å²) in [6, 6.07) is 0. The Bertz CT molecular complexity index is 217. The molecule has 0 saturated carbocycles. The van der Waals surface area contributed by atoms with Gasteiger partial charge in [0.05, 0.1) is 6.26 Å². The van der Waals surface area contributed by atoms with Crippen LogP contribution in [0.5, 0.6) is 0 Å². The molecule has 0 amide bonds. The first kappa shape index (κ1) is 9.95. The lowest BCUT2D eigenvalue weighted by atomic mass is 10.2. The van der Waals surface area contributed by atoms with Crippen molar-refractivity contribution >= 4 is 10.1 Å². The summed E-state index contributed by atoms with van der Waals surface area (Å²) in [5.74, 6) is 0. The fourth-order valence-electron chi connectivity index (χ4n) is 1.31. The Morgan fingerprint density at radius 2 is 1.58 bits per heavy atom. The second kappa shape index (κ2) is 4.20. The van der Waals surface area contributed by atoms with Crippen molar-refractivity contribution in [2.45, 2.75) is 25.7 Å². The molecule has 1 saturated heterocycles. The zero-order chi connectivity index (χ0) is 9.03. The van der Waals surface area contributed by atoms with Crippen molar-refractivity contribution in [2.24, 2.45) is 0 Å². The molecule has 5 heteroatoms. The highest BCUT2D eigenvalue weighted by Gasteiger charge is 2.14. The van der Waals surface area contributed by atoms with E-state index in [0.29, 0.717) is 0 Å². The van der Waals surface area contributed by atoms with Crippen molar-refractivity contribution in [3.8, 4) is 0 Å². The average molecular weight is 193 g/mol. The smallest absolute Gasteiger partial charge is 0.198 e. The standard InChI is InChI=1S/C7H15NO3S/c1-12(9,10)11-8-6-4-2-3-5-7-8/h2-7H2,1H3. The van der Waals surface area contributed by atoms with E-state index in [2.05, 4.69) is 0 Å². The van der Waals surface area contributed by atoms with Gasteiger partial charge in [-0.05, 0) is 12.8 Å². The van der Waals surface area contributed by atoms with Gasteiger partial charge < -0.3 is 0 Å². The van der Waals surface area contributed by atoms with Crippen LogP contribution in [0.2, 0.25) is 0 Å². The van der Waals surface area contributed by atoms with Crippen LogP contribution in [0.1, 0.15) is 25.7 Å². The summed E-state index contributed by atoms with van der Waals surface area (Å²) in [6.45, 7) is 1.46. The topological polar surface area (TPSA) is 46.6 Å². The van der Waals surface area contributed by atoms with Crippen LogP contribution < -0.4 is 0 Å². The van der Waals surface area contributed by atoms with Gasteiger partial charge in [-0.1, -0.05) is 12.8 Å². The van der Waals surface area contributed by atoms with Crippen LogP contribution in [0.4, 0.5) is 0 Å². The van der Waals surface area contributed by atoms with Crippen molar-refractivity contribution in [1.29, 1.82) is 0 Å². The molecule has 1 fully saturated rings. The molecule has 0 aromatic rings. The third kappa shape index (κ3) is 4.04. The Hall–Kier alpha value is -0.130. The first-order chi connectivity index (χ1) is 5.58. The lowest BCUT2D eigenvalue weighted by Crippen LogP contribution is -2.27. The van der Waals surface area contributed by atoms with E-state index in [-0.39, 0.29) is 0 Å². The minimum Gasteiger partial charge on any atom is -0.198 e. The maximum Gasteiger partial charge on any atom is 0.280 e. The van der Waals surface area contributed by atoms with E-state index in [1.54, 1.807) is 5.06 Å². The van der Waals surface area contributed by atoms with Gasteiger partial charge in [-0.15, -0.1) is 0 Å². The quantitative estimate of drug-likeness (QED) is 0.649. The van der Waals surface area contributed by atoms with Gasteiger partial charge in [0.2, 0.25) is 0 Å². The monoisotopic (exact) mass is 193 g/mol. The first-order valence-corrected chi connectivity index (χ1v) is 6.04. The Morgan fingerprint density at radius 1 is 1.08 bits per heavy atom. The second-order valence-corrected chi connectivity index (χ2v) is 4.68. The van der Waals surface area contributed by atoms with Crippen LogP contribution in [0.25, 0.3) is 0 Å². The summed E-state index contributed by atoms with van der Waals surface area (Å²) in [4.78, 5) is 0. The summed E-state index contributed by atoms with van der Waals surface area (Å²) in [6.07, 6.45) is 5.47. The minimum absolute atomic E-state index is 0.729. The molecule has 1 aliphatic rings. The van der Waals surface area contributed by atoms with Crippen molar-refractivity contribution in [1.82, 2.24) is 5.06 Å². The third-order valence-corrected chi connectivity index (χ3v) is 2.29. The number of rotatable bonds is 2. The SMILES string of the molecule is CS(=O)(=O)ON1CCCCCC1. The molecular weight excluding hydrogens is 178 g/mol. The molecule has 1 heterocycles. The van der Waals surface area contributed by atoms with E-state index in [9.17, 15) is 8.42 Å². The first-order valence-electron chi connectivity index (χ1n) is 4.22. The lowest BCUT2D eigenvalue weighted by molar-refractivity contribution is -0.0469. The number of hydrogen-bond acceptors (Lipinski definition) is 4.